The number of allylic oxidation sites excluding steroid dienone is 2. The van der Waals surface area contributed by atoms with Crippen LogP contribution in [-0.2, 0) is 14.3 Å². The van der Waals surface area contributed by atoms with Crippen molar-refractivity contribution in [2.75, 3.05) is 13.7 Å². The first kappa shape index (κ1) is 11.1. The van der Waals surface area contributed by atoms with Crippen molar-refractivity contribution in [3.8, 4) is 0 Å². The van der Waals surface area contributed by atoms with Crippen molar-refractivity contribution in [3.05, 3.63) is 23.8 Å². The molecule has 0 aromatic heterocycles. The highest BCUT2D eigenvalue weighted by molar-refractivity contribution is 5.75. The molecule has 0 spiro atoms. The van der Waals surface area contributed by atoms with Crippen LogP contribution in [0.5, 0.6) is 0 Å². The number of aldehydes is 1. The Morgan fingerprint density at radius 2 is 2.43 bits per heavy atom. The summed E-state index contributed by atoms with van der Waals surface area (Å²) in [6, 6.07) is 0. The monoisotopic (exact) mass is 196 g/mol. The van der Waals surface area contributed by atoms with Gasteiger partial charge in [-0.1, -0.05) is 12.7 Å². The Morgan fingerprint density at radius 1 is 1.71 bits per heavy atom. The molecule has 0 aromatic rings. The molecule has 1 aliphatic heterocycles. The van der Waals surface area contributed by atoms with Crippen LogP contribution in [0, 0.1) is 5.92 Å². The van der Waals surface area contributed by atoms with Crippen LogP contribution in [0.3, 0.4) is 0 Å². The lowest BCUT2D eigenvalue weighted by Gasteiger charge is -2.31. The summed E-state index contributed by atoms with van der Waals surface area (Å²) in [7, 11) is 1.58. The molecule has 78 valence electrons. The third-order valence-corrected chi connectivity index (χ3v) is 2.51. The summed E-state index contributed by atoms with van der Waals surface area (Å²) in [6.07, 6.45) is 3.13. The van der Waals surface area contributed by atoms with E-state index in [1.54, 1.807) is 7.11 Å². The summed E-state index contributed by atoms with van der Waals surface area (Å²) in [5.41, 5.74) is 1.60. The number of hydrogen-bond acceptors (Lipinski definition) is 3. The lowest BCUT2D eigenvalue weighted by Crippen LogP contribution is -2.30. The standard InChI is InChI=1S/C11H16O3/c1-4-9(7-12)10-5-6-14-11(13-3)8(10)2/h4,7,10-11H,2,5-6H2,1,3H3/b9-4-/t10-,11?/m1/s1. The van der Waals surface area contributed by atoms with Crippen LogP contribution >= 0.6 is 0 Å². The highest BCUT2D eigenvalue weighted by Crippen LogP contribution is 2.30. The molecule has 1 saturated heterocycles. The molecular formula is C11H16O3. The van der Waals surface area contributed by atoms with Crippen LogP contribution in [0.25, 0.3) is 0 Å². The third-order valence-electron chi connectivity index (χ3n) is 2.51. The van der Waals surface area contributed by atoms with Crippen molar-refractivity contribution in [1.29, 1.82) is 0 Å². The zero-order valence-electron chi connectivity index (χ0n) is 8.66. The Labute approximate surface area is 84.4 Å². The molecular weight excluding hydrogens is 180 g/mol. The topological polar surface area (TPSA) is 35.5 Å². The van der Waals surface area contributed by atoms with Gasteiger partial charge in [0.15, 0.2) is 6.29 Å². The van der Waals surface area contributed by atoms with Crippen molar-refractivity contribution < 1.29 is 14.3 Å². The predicted octanol–water partition coefficient (Wildman–Crippen LogP) is 1.70. The Morgan fingerprint density at radius 3 is 2.93 bits per heavy atom. The minimum atomic E-state index is -0.372. The maximum Gasteiger partial charge on any atom is 0.179 e. The van der Waals surface area contributed by atoms with E-state index in [9.17, 15) is 4.79 Å². The number of carbonyl (C=O) groups excluding carboxylic acids is 1. The second kappa shape index (κ2) is 5.08. The molecule has 0 bridgehead atoms. The molecule has 0 radical (unpaired) electrons. The van der Waals surface area contributed by atoms with Gasteiger partial charge in [0.1, 0.15) is 6.29 Å². The van der Waals surface area contributed by atoms with Crippen molar-refractivity contribution in [2.24, 2.45) is 5.92 Å². The quantitative estimate of drug-likeness (QED) is 0.391. The molecule has 14 heavy (non-hydrogen) atoms. The van der Waals surface area contributed by atoms with Gasteiger partial charge in [-0.05, 0) is 24.5 Å². The van der Waals surface area contributed by atoms with Gasteiger partial charge in [-0.3, -0.25) is 4.79 Å². The van der Waals surface area contributed by atoms with Gasteiger partial charge < -0.3 is 9.47 Å². The zero-order chi connectivity index (χ0) is 10.6. The average Bonchev–Trinajstić information content (AvgIpc) is 2.22. The molecule has 1 unspecified atom stereocenters. The summed E-state index contributed by atoms with van der Waals surface area (Å²) in [5.74, 6) is 0.0798. The summed E-state index contributed by atoms with van der Waals surface area (Å²) in [5, 5.41) is 0. The van der Waals surface area contributed by atoms with Crippen molar-refractivity contribution in [1.82, 2.24) is 0 Å². The second-order valence-corrected chi connectivity index (χ2v) is 3.26. The van der Waals surface area contributed by atoms with Gasteiger partial charge in [0.25, 0.3) is 0 Å². The molecule has 3 nitrogen and oxygen atoms in total. The Kier molecular flexibility index (Phi) is 4.04. The average molecular weight is 196 g/mol. The molecule has 1 fully saturated rings. The number of methoxy groups -OCH3 is 1. The fourth-order valence-corrected chi connectivity index (χ4v) is 1.70. The first-order valence-corrected chi connectivity index (χ1v) is 4.69. The molecule has 1 heterocycles. The van der Waals surface area contributed by atoms with Gasteiger partial charge in [0, 0.05) is 13.0 Å². The van der Waals surface area contributed by atoms with E-state index in [2.05, 4.69) is 6.58 Å². The van der Waals surface area contributed by atoms with Crippen molar-refractivity contribution in [3.63, 3.8) is 0 Å². The number of hydrogen-bond donors (Lipinski definition) is 0. The third kappa shape index (κ3) is 2.11. The lowest BCUT2D eigenvalue weighted by atomic mass is 9.87. The molecule has 0 amide bonds. The summed E-state index contributed by atoms with van der Waals surface area (Å²) < 4.78 is 10.5. The molecule has 3 heteroatoms. The van der Waals surface area contributed by atoms with Crippen LogP contribution in [0.1, 0.15) is 13.3 Å². The number of ether oxygens (including phenoxy) is 2. The molecule has 0 saturated carbocycles. The van der Waals surface area contributed by atoms with Gasteiger partial charge >= 0.3 is 0 Å². The summed E-state index contributed by atoms with van der Waals surface area (Å²) in [6.45, 7) is 6.37. The Balaban J connectivity index is 2.78. The number of carbonyl (C=O) groups is 1. The van der Waals surface area contributed by atoms with E-state index >= 15 is 0 Å². The maximum absolute atomic E-state index is 10.8. The predicted molar refractivity (Wildman–Crippen MR) is 53.8 cm³/mol. The number of rotatable bonds is 3. The van der Waals surface area contributed by atoms with Crippen LogP contribution in [0.15, 0.2) is 23.8 Å². The van der Waals surface area contributed by atoms with E-state index in [1.807, 2.05) is 13.0 Å². The van der Waals surface area contributed by atoms with E-state index in [0.717, 1.165) is 23.9 Å². The first-order valence-electron chi connectivity index (χ1n) is 4.69. The Hall–Kier alpha value is -0.930. The van der Waals surface area contributed by atoms with Crippen LogP contribution in [-0.4, -0.2) is 26.3 Å². The van der Waals surface area contributed by atoms with E-state index in [-0.39, 0.29) is 12.2 Å². The molecule has 0 aliphatic carbocycles. The highest BCUT2D eigenvalue weighted by atomic mass is 16.7. The second-order valence-electron chi connectivity index (χ2n) is 3.26. The minimum absolute atomic E-state index is 0.0798. The molecule has 2 atom stereocenters. The molecule has 0 aromatic carbocycles. The van der Waals surface area contributed by atoms with Gasteiger partial charge in [-0.25, -0.2) is 0 Å². The van der Waals surface area contributed by atoms with Crippen molar-refractivity contribution in [2.45, 2.75) is 19.6 Å². The largest absolute Gasteiger partial charge is 0.352 e. The van der Waals surface area contributed by atoms with Gasteiger partial charge in [0.05, 0.1) is 6.61 Å². The van der Waals surface area contributed by atoms with E-state index in [4.69, 9.17) is 9.47 Å². The zero-order valence-corrected chi connectivity index (χ0v) is 8.66. The van der Waals surface area contributed by atoms with Gasteiger partial charge in [-0.2, -0.15) is 0 Å². The van der Waals surface area contributed by atoms with E-state index < -0.39 is 0 Å². The van der Waals surface area contributed by atoms with Crippen molar-refractivity contribution >= 4 is 6.29 Å². The fraction of sp³-hybridized carbons (Fsp3) is 0.545. The maximum atomic E-state index is 10.8. The summed E-state index contributed by atoms with van der Waals surface area (Å²) in [4.78, 5) is 10.8. The molecule has 0 N–H and O–H groups in total. The minimum Gasteiger partial charge on any atom is -0.352 e. The van der Waals surface area contributed by atoms with Crippen LogP contribution in [0.4, 0.5) is 0 Å². The van der Waals surface area contributed by atoms with E-state index in [0.29, 0.717) is 6.61 Å². The SMILES string of the molecule is C=C1C(OC)OCC[C@H]1/C(C=O)=C\C. The summed E-state index contributed by atoms with van der Waals surface area (Å²) >= 11 is 0. The Bertz CT molecular complexity index is 255. The molecule has 1 rings (SSSR count). The fourth-order valence-electron chi connectivity index (χ4n) is 1.70. The van der Waals surface area contributed by atoms with Gasteiger partial charge in [-0.15, -0.1) is 0 Å². The van der Waals surface area contributed by atoms with E-state index in [1.165, 1.54) is 0 Å². The van der Waals surface area contributed by atoms with Crippen LogP contribution in [0.2, 0.25) is 0 Å². The molecule has 1 aliphatic rings. The van der Waals surface area contributed by atoms with Gasteiger partial charge in [0.2, 0.25) is 0 Å². The van der Waals surface area contributed by atoms with Crippen LogP contribution < -0.4 is 0 Å². The lowest BCUT2D eigenvalue weighted by molar-refractivity contribution is -0.121. The first-order chi connectivity index (χ1) is 6.74. The smallest absolute Gasteiger partial charge is 0.179 e. The normalized spacial score (nSPS) is 29.0. The highest BCUT2D eigenvalue weighted by Gasteiger charge is 2.28.